The van der Waals surface area contributed by atoms with Crippen molar-refractivity contribution in [2.75, 3.05) is 31.1 Å². The molecule has 2 N–H and O–H groups in total. The van der Waals surface area contributed by atoms with Gasteiger partial charge in [0.2, 0.25) is 5.43 Å². The van der Waals surface area contributed by atoms with Crippen LogP contribution in [-0.2, 0) is 0 Å². The molecule has 0 atom stereocenters. The van der Waals surface area contributed by atoms with E-state index in [2.05, 4.69) is 5.32 Å². The molecule has 4 rings (SSSR count). The minimum absolute atomic E-state index is 0.137. The lowest BCUT2D eigenvalue weighted by Gasteiger charge is -2.30. The first kappa shape index (κ1) is 18.4. The normalized spacial score (nSPS) is 17.0. The molecule has 0 spiro atoms. The maximum Gasteiger partial charge on any atom is 0.341 e. The number of pyridine rings is 1. The van der Waals surface area contributed by atoms with Crippen LogP contribution in [-0.4, -0.2) is 41.8 Å². The van der Waals surface area contributed by atoms with E-state index in [4.69, 9.17) is 0 Å². The number of carbonyl (C=O) groups is 1. The van der Waals surface area contributed by atoms with Crippen LogP contribution >= 0.6 is 0 Å². The number of hydrogen-bond acceptors (Lipinski definition) is 4. The molecule has 2 heterocycles. The topological polar surface area (TPSA) is 74.6 Å². The number of nitrogens with one attached hydrogen (secondary N) is 1. The number of rotatable bonds is 3. The van der Waals surface area contributed by atoms with Gasteiger partial charge in [0.1, 0.15) is 11.4 Å². The third kappa shape index (κ3) is 3.31. The maximum absolute atomic E-state index is 14.6. The van der Waals surface area contributed by atoms with Gasteiger partial charge in [-0.25, -0.2) is 9.18 Å². The molecule has 1 aromatic heterocycles. The number of aromatic nitrogens is 1. The number of anilines is 1. The summed E-state index contributed by atoms with van der Waals surface area (Å²) in [6.07, 6.45) is 3.29. The van der Waals surface area contributed by atoms with Gasteiger partial charge in [-0.05, 0) is 25.0 Å². The standard InChI is InChI=1S/C17H18FN3O3.C2H6/c18-13-7-11-14(8-15(13)20-5-3-19-4-6-20)21(10-1-2-10)9-12(16(11)22)17(23)24;1-2/h7-10,19H,1-6H2,(H,23,24);1-2H3. The molecule has 7 heteroatoms. The number of aromatic carboxylic acids is 1. The van der Waals surface area contributed by atoms with Gasteiger partial charge in [-0.15, -0.1) is 0 Å². The summed E-state index contributed by atoms with van der Waals surface area (Å²) in [5.41, 5.74) is 0.159. The second-order valence-electron chi connectivity index (χ2n) is 6.37. The zero-order valence-electron chi connectivity index (χ0n) is 15.1. The summed E-state index contributed by atoms with van der Waals surface area (Å²) in [7, 11) is 0. The number of piperazine rings is 1. The number of carboxylic acids is 1. The Balaban J connectivity index is 0.000000948. The first-order valence-corrected chi connectivity index (χ1v) is 9.13. The Bertz CT molecular complexity index is 884. The lowest BCUT2D eigenvalue weighted by molar-refractivity contribution is 0.0695. The third-order valence-corrected chi connectivity index (χ3v) is 4.73. The maximum atomic E-state index is 14.6. The van der Waals surface area contributed by atoms with Crippen molar-refractivity contribution >= 4 is 22.6 Å². The molecule has 1 aromatic carbocycles. The first-order valence-electron chi connectivity index (χ1n) is 9.13. The molecule has 0 bridgehead atoms. The smallest absolute Gasteiger partial charge is 0.341 e. The minimum Gasteiger partial charge on any atom is -0.477 e. The van der Waals surface area contributed by atoms with Gasteiger partial charge in [0, 0.05) is 43.8 Å². The Morgan fingerprint density at radius 2 is 1.88 bits per heavy atom. The molecule has 0 unspecified atom stereocenters. The van der Waals surface area contributed by atoms with Crippen molar-refractivity contribution < 1.29 is 14.3 Å². The predicted molar refractivity (Wildman–Crippen MR) is 99.8 cm³/mol. The average Bonchev–Trinajstić information content (AvgIpc) is 3.49. The molecule has 140 valence electrons. The van der Waals surface area contributed by atoms with Crippen LogP contribution in [0.25, 0.3) is 10.9 Å². The molecular formula is C19H24FN3O3. The molecule has 6 nitrogen and oxygen atoms in total. The number of halogens is 1. The molecule has 2 aliphatic rings. The van der Waals surface area contributed by atoms with Crippen LogP contribution in [0.4, 0.5) is 10.1 Å². The highest BCUT2D eigenvalue weighted by Crippen LogP contribution is 2.38. The molecule has 1 aliphatic heterocycles. The Kier molecular flexibility index (Phi) is 5.27. The highest BCUT2D eigenvalue weighted by molar-refractivity contribution is 5.93. The fourth-order valence-electron chi connectivity index (χ4n) is 3.31. The number of carboxylic acid groups (broad SMARTS) is 1. The second kappa shape index (κ2) is 7.45. The molecule has 1 saturated carbocycles. The molecular weight excluding hydrogens is 337 g/mol. The summed E-state index contributed by atoms with van der Waals surface area (Å²) in [4.78, 5) is 25.7. The first-order chi connectivity index (χ1) is 12.6. The van der Waals surface area contributed by atoms with Crippen LogP contribution in [0, 0.1) is 5.82 Å². The van der Waals surface area contributed by atoms with Crippen molar-refractivity contribution in [3.8, 4) is 0 Å². The van der Waals surface area contributed by atoms with Gasteiger partial charge < -0.3 is 19.9 Å². The number of nitrogens with zero attached hydrogens (tertiary/aromatic N) is 2. The second-order valence-corrected chi connectivity index (χ2v) is 6.37. The molecule has 2 aromatic rings. The molecule has 1 saturated heterocycles. The highest BCUT2D eigenvalue weighted by Gasteiger charge is 2.28. The molecule has 2 fully saturated rings. The van der Waals surface area contributed by atoms with Crippen molar-refractivity contribution in [2.45, 2.75) is 32.7 Å². The Morgan fingerprint density at radius 3 is 2.46 bits per heavy atom. The summed E-state index contributed by atoms with van der Waals surface area (Å²) in [5.74, 6) is -1.76. The average molecular weight is 361 g/mol. The largest absolute Gasteiger partial charge is 0.477 e. The monoisotopic (exact) mass is 361 g/mol. The lowest BCUT2D eigenvalue weighted by atomic mass is 10.1. The van der Waals surface area contributed by atoms with Crippen LogP contribution in [0.1, 0.15) is 43.1 Å². The Hall–Kier alpha value is -2.41. The summed E-state index contributed by atoms with van der Waals surface area (Å²) in [5, 5.41) is 12.6. The fourth-order valence-corrected chi connectivity index (χ4v) is 3.31. The lowest BCUT2D eigenvalue weighted by Crippen LogP contribution is -2.43. The predicted octanol–water partition coefficient (Wildman–Crippen LogP) is 2.61. The van der Waals surface area contributed by atoms with Crippen molar-refractivity contribution in [2.24, 2.45) is 0 Å². The quantitative estimate of drug-likeness (QED) is 0.879. The molecule has 26 heavy (non-hydrogen) atoms. The van der Waals surface area contributed by atoms with Gasteiger partial charge in [0.15, 0.2) is 0 Å². The van der Waals surface area contributed by atoms with Gasteiger partial charge in [-0.2, -0.15) is 0 Å². The molecule has 1 aliphatic carbocycles. The van der Waals surface area contributed by atoms with E-state index >= 15 is 0 Å². The van der Waals surface area contributed by atoms with Crippen molar-refractivity contribution in [3.63, 3.8) is 0 Å². The van der Waals surface area contributed by atoms with Gasteiger partial charge in [-0.1, -0.05) is 13.8 Å². The summed E-state index contributed by atoms with van der Waals surface area (Å²) in [6.45, 7) is 6.96. The van der Waals surface area contributed by atoms with E-state index in [-0.39, 0.29) is 17.0 Å². The van der Waals surface area contributed by atoms with Crippen molar-refractivity contribution in [1.82, 2.24) is 9.88 Å². The SMILES string of the molecule is CC.O=C(O)c1cn(C2CC2)c2cc(N3CCNCC3)c(F)cc2c1=O. The van der Waals surface area contributed by atoms with E-state index in [9.17, 15) is 19.1 Å². The summed E-state index contributed by atoms with van der Waals surface area (Å²) in [6, 6.07) is 3.08. The van der Waals surface area contributed by atoms with Gasteiger partial charge in [0.05, 0.1) is 11.2 Å². The number of benzene rings is 1. The summed E-state index contributed by atoms with van der Waals surface area (Å²) >= 11 is 0. The Labute approximate surface area is 151 Å². The van der Waals surface area contributed by atoms with Crippen LogP contribution in [0.15, 0.2) is 23.1 Å². The van der Waals surface area contributed by atoms with E-state index in [0.29, 0.717) is 24.3 Å². The number of hydrogen-bond donors (Lipinski definition) is 2. The highest BCUT2D eigenvalue weighted by atomic mass is 19.1. The van der Waals surface area contributed by atoms with Crippen LogP contribution in [0.3, 0.4) is 0 Å². The molecule has 0 amide bonds. The van der Waals surface area contributed by atoms with Crippen LogP contribution < -0.4 is 15.6 Å². The number of fused-ring (bicyclic) bond motifs is 1. The summed E-state index contributed by atoms with van der Waals surface area (Å²) < 4.78 is 16.4. The zero-order valence-corrected chi connectivity index (χ0v) is 15.1. The Morgan fingerprint density at radius 1 is 1.23 bits per heavy atom. The third-order valence-electron chi connectivity index (χ3n) is 4.73. The van der Waals surface area contributed by atoms with Gasteiger partial charge >= 0.3 is 5.97 Å². The van der Waals surface area contributed by atoms with Crippen LogP contribution in [0.2, 0.25) is 0 Å². The van der Waals surface area contributed by atoms with Gasteiger partial charge in [-0.3, -0.25) is 4.79 Å². The fraction of sp³-hybridized carbons (Fsp3) is 0.474. The van der Waals surface area contributed by atoms with E-state index in [1.165, 1.54) is 12.3 Å². The van der Waals surface area contributed by atoms with E-state index in [1.807, 2.05) is 23.3 Å². The molecule has 0 radical (unpaired) electrons. The minimum atomic E-state index is -1.28. The zero-order chi connectivity index (χ0) is 18.8. The van der Waals surface area contributed by atoms with E-state index in [1.54, 1.807) is 6.07 Å². The van der Waals surface area contributed by atoms with Crippen molar-refractivity contribution in [3.05, 3.63) is 39.9 Å². The van der Waals surface area contributed by atoms with Crippen LogP contribution in [0.5, 0.6) is 0 Å². The van der Waals surface area contributed by atoms with E-state index < -0.39 is 17.2 Å². The van der Waals surface area contributed by atoms with Crippen molar-refractivity contribution in [1.29, 1.82) is 0 Å². The van der Waals surface area contributed by atoms with Gasteiger partial charge in [0.25, 0.3) is 0 Å². The van der Waals surface area contributed by atoms with E-state index in [0.717, 1.165) is 25.9 Å².